The van der Waals surface area contributed by atoms with Gasteiger partial charge >= 0.3 is 0 Å². The number of ether oxygens (including phenoxy) is 1. The fraction of sp³-hybridized carbons (Fsp3) is 0.929. The molecule has 1 heterocycles. The number of nitrogens with zero attached hydrogens (tertiary/aromatic N) is 1. The van der Waals surface area contributed by atoms with E-state index in [4.69, 9.17) is 4.74 Å². The van der Waals surface area contributed by atoms with Crippen LogP contribution in [-0.2, 0) is 9.53 Å². The summed E-state index contributed by atoms with van der Waals surface area (Å²) in [7, 11) is 1.84. The van der Waals surface area contributed by atoms with Crippen molar-refractivity contribution in [3.63, 3.8) is 0 Å². The second-order valence-electron chi connectivity index (χ2n) is 5.58. The summed E-state index contributed by atoms with van der Waals surface area (Å²) < 4.78 is 5.59. The zero-order valence-corrected chi connectivity index (χ0v) is 11.5. The number of aliphatic hydroxyl groups excluding tert-OH is 1. The summed E-state index contributed by atoms with van der Waals surface area (Å²) in [5.41, 5.74) is 0. The molecule has 2 aliphatic rings. The molecule has 0 radical (unpaired) electrons. The molecule has 4 atom stereocenters. The molecule has 0 aromatic heterocycles. The van der Waals surface area contributed by atoms with E-state index < -0.39 is 0 Å². The molecule has 2 fully saturated rings. The highest BCUT2D eigenvalue weighted by molar-refractivity contribution is 5.79. The van der Waals surface area contributed by atoms with Gasteiger partial charge in [-0.25, -0.2) is 0 Å². The molecule has 1 amide bonds. The van der Waals surface area contributed by atoms with Gasteiger partial charge in [-0.2, -0.15) is 0 Å². The Morgan fingerprint density at radius 3 is 2.72 bits per heavy atom. The quantitative estimate of drug-likeness (QED) is 0.832. The maximum absolute atomic E-state index is 12.5. The lowest BCUT2D eigenvalue weighted by Gasteiger charge is -2.37. The Morgan fingerprint density at radius 2 is 2.06 bits per heavy atom. The molecule has 4 heteroatoms. The van der Waals surface area contributed by atoms with E-state index in [1.165, 1.54) is 0 Å². The Kier molecular flexibility index (Phi) is 4.62. The predicted molar refractivity (Wildman–Crippen MR) is 69.2 cm³/mol. The van der Waals surface area contributed by atoms with Crippen LogP contribution in [0.15, 0.2) is 0 Å². The lowest BCUT2D eigenvalue weighted by molar-refractivity contribution is -0.141. The molecule has 1 aliphatic carbocycles. The molecule has 0 spiro atoms. The van der Waals surface area contributed by atoms with Gasteiger partial charge in [0.05, 0.1) is 24.2 Å². The van der Waals surface area contributed by atoms with Crippen molar-refractivity contribution in [1.82, 2.24) is 4.90 Å². The average Bonchev–Trinajstić information content (AvgIpc) is 2.86. The van der Waals surface area contributed by atoms with E-state index in [9.17, 15) is 9.90 Å². The van der Waals surface area contributed by atoms with E-state index in [1.54, 1.807) is 4.90 Å². The number of amides is 1. The molecule has 1 saturated carbocycles. The molecule has 1 N–H and O–H groups in total. The highest BCUT2D eigenvalue weighted by Gasteiger charge is 2.38. The standard InChI is InChI=1S/C14H25NO3/c1-3-13-10(8-9-18-13)14(17)15(2)11-6-4-5-7-12(11)16/h10-13,16H,3-9H2,1-2H3. The highest BCUT2D eigenvalue weighted by Crippen LogP contribution is 2.28. The Labute approximate surface area is 109 Å². The molecule has 18 heavy (non-hydrogen) atoms. The lowest BCUT2D eigenvalue weighted by atomic mass is 9.90. The highest BCUT2D eigenvalue weighted by atomic mass is 16.5. The average molecular weight is 255 g/mol. The van der Waals surface area contributed by atoms with Crippen LogP contribution < -0.4 is 0 Å². The first kappa shape index (κ1) is 13.8. The third-order valence-corrected chi connectivity index (χ3v) is 4.47. The van der Waals surface area contributed by atoms with E-state index in [-0.39, 0.29) is 30.1 Å². The molecule has 4 nitrogen and oxygen atoms in total. The van der Waals surface area contributed by atoms with Crippen LogP contribution in [0.1, 0.15) is 45.4 Å². The maximum atomic E-state index is 12.5. The number of hydrogen-bond acceptors (Lipinski definition) is 3. The summed E-state index contributed by atoms with van der Waals surface area (Å²) in [6.07, 6.45) is 5.36. The van der Waals surface area contributed by atoms with Crippen molar-refractivity contribution in [3.8, 4) is 0 Å². The van der Waals surface area contributed by atoms with Gasteiger partial charge in [-0.1, -0.05) is 19.8 Å². The van der Waals surface area contributed by atoms with Crippen molar-refractivity contribution >= 4 is 5.91 Å². The third kappa shape index (κ3) is 2.69. The van der Waals surface area contributed by atoms with E-state index in [0.29, 0.717) is 6.61 Å². The molecule has 1 aliphatic heterocycles. The molecule has 0 aromatic rings. The van der Waals surface area contributed by atoms with Crippen LogP contribution in [0.5, 0.6) is 0 Å². The summed E-state index contributed by atoms with van der Waals surface area (Å²) in [5, 5.41) is 10.0. The van der Waals surface area contributed by atoms with Crippen LogP contribution in [0.25, 0.3) is 0 Å². The first-order valence-corrected chi connectivity index (χ1v) is 7.21. The zero-order valence-electron chi connectivity index (χ0n) is 11.5. The number of likely N-dealkylation sites (N-methyl/N-ethyl adjacent to an activating group) is 1. The second-order valence-corrected chi connectivity index (χ2v) is 5.58. The molecule has 104 valence electrons. The van der Waals surface area contributed by atoms with Crippen molar-refractivity contribution in [2.45, 2.75) is 63.7 Å². The van der Waals surface area contributed by atoms with Gasteiger partial charge in [0.1, 0.15) is 0 Å². The van der Waals surface area contributed by atoms with Gasteiger partial charge in [0.15, 0.2) is 0 Å². The molecule has 2 rings (SSSR count). The fourth-order valence-electron chi connectivity index (χ4n) is 3.30. The summed E-state index contributed by atoms with van der Waals surface area (Å²) in [5.74, 6) is 0.152. The third-order valence-electron chi connectivity index (χ3n) is 4.47. The van der Waals surface area contributed by atoms with Crippen LogP contribution in [0, 0.1) is 5.92 Å². The van der Waals surface area contributed by atoms with Crippen LogP contribution in [0.4, 0.5) is 0 Å². The minimum absolute atomic E-state index is 0.00403. The van der Waals surface area contributed by atoms with E-state index in [1.807, 2.05) is 7.05 Å². The lowest BCUT2D eigenvalue weighted by Crippen LogP contribution is -2.49. The Hall–Kier alpha value is -0.610. The summed E-state index contributed by atoms with van der Waals surface area (Å²) in [6.45, 7) is 2.75. The minimum atomic E-state index is -0.352. The van der Waals surface area contributed by atoms with Gasteiger partial charge in [-0.3, -0.25) is 4.79 Å². The summed E-state index contributed by atoms with van der Waals surface area (Å²) >= 11 is 0. The Bertz CT molecular complexity index is 295. The fourth-order valence-corrected chi connectivity index (χ4v) is 3.30. The van der Waals surface area contributed by atoms with Crippen molar-refractivity contribution in [2.75, 3.05) is 13.7 Å². The van der Waals surface area contributed by atoms with Gasteiger partial charge < -0.3 is 14.7 Å². The van der Waals surface area contributed by atoms with Crippen LogP contribution in [-0.4, -0.2) is 47.8 Å². The molecule has 1 saturated heterocycles. The van der Waals surface area contributed by atoms with Gasteiger partial charge in [0, 0.05) is 13.7 Å². The van der Waals surface area contributed by atoms with Crippen LogP contribution in [0.3, 0.4) is 0 Å². The SMILES string of the molecule is CCC1OCCC1C(=O)N(C)C1CCCCC1O. The summed E-state index contributed by atoms with van der Waals surface area (Å²) in [6, 6.07) is 0.00403. The largest absolute Gasteiger partial charge is 0.391 e. The normalized spacial score (nSPS) is 36.6. The van der Waals surface area contributed by atoms with E-state index >= 15 is 0 Å². The smallest absolute Gasteiger partial charge is 0.228 e. The molecule has 4 unspecified atom stereocenters. The van der Waals surface area contributed by atoms with E-state index in [0.717, 1.165) is 38.5 Å². The topological polar surface area (TPSA) is 49.8 Å². The molecular formula is C14H25NO3. The zero-order chi connectivity index (χ0) is 13.1. The van der Waals surface area contributed by atoms with Gasteiger partial charge in [0.25, 0.3) is 0 Å². The Morgan fingerprint density at radius 1 is 1.33 bits per heavy atom. The molecule has 0 aromatic carbocycles. The van der Waals surface area contributed by atoms with Gasteiger partial charge in [0.2, 0.25) is 5.91 Å². The number of carbonyl (C=O) groups is 1. The van der Waals surface area contributed by atoms with Crippen molar-refractivity contribution < 1.29 is 14.6 Å². The first-order chi connectivity index (χ1) is 8.65. The summed E-state index contributed by atoms with van der Waals surface area (Å²) in [4.78, 5) is 14.3. The van der Waals surface area contributed by atoms with Crippen LogP contribution >= 0.6 is 0 Å². The molecule has 0 bridgehead atoms. The molecular weight excluding hydrogens is 230 g/mol. The van der Waals surface area contributed by atoms with Crippen molar-refractivity contribution in [2.24, 2.45) is 5.92 Å². The number of aliphatic hydroxyl groups is 1. The number of hydrogen-bond donors (Lipinski definition) is 1. The monoisotopic (exact) mass is 255 g/mol. The minimum Gasteiger partial charge on any atom is -0.391 e. The van der Waals surface area contributed by atoms with Gasteiger partial charge in [-0.05, 0) is 25.7 Å². The predicted octanol–water partition coefficient (Wildman–Crippen LogP) is 1.56. The van der Waals surface area contributed by atoms with Crippen molar-refractivity contribution in [1.29, 1.82) is 0 Å². The number of carbonyl (C=O) groups excluding carboxylic acids is 1. The first-order valence-electron chi connectivity index (χ1n) is 7.21. The maximum Gasteiger partial charge on any atom is 0.228 e. The van der Waals surface area contributed by atoms with E-state index in [2.05, 4.69) is 6.92 Å². The Balaban J connectivity index is 1.99. The van der Waals surface area contributed by atoms with Crippen molar-refractivity contribution in [3.05, 3.63) is 0 Å². The van der Waals surface area contributed by atoms with Crippen LogP contribution in [0.2, 0.25) is 0 Å². The van der Waals surface area contributed by atoms with Gasteiger partial charge in [-0.15, -0.1) is 0 Å². The second kappa shape index (κ2) is 6.02. The number of rotatable bonds is 3.